The first-order valence-electron chi connectivity index (χ1n) is 20.8. The molecule has 3 N–H and O–H groups in total. The molecule has 4 fully saturated rings. The number of ether oxygens (including phenoxy) is 2. The number of nitrogens with one attached hydrogen (secondary N) is 1. The fourth-order valence-electron chi connectivity index (χ4n) is 12.4. The molecule has 7 nitrogen and oxygen atoms in total. The van der Waals surface area contributed by atoms with Gasteiger partial charge in [0.25, 0.3) is 0 Å². The van der Waals surface area contributed by atoms with Gasteiger partial charge in [0.1, 0.15) is 11.1 Å². The quantitative estimate of drug-likeness (QED) is 0.175. The summed E-state index contributed by atoms with van der Waals surface area (Å²) in [5, 5.41) is 24.1. The molecule has 0 radical (unpaired) electrons. The zero-order valence-electron chi connectivity index (χ0n) is 34.0. The number of carbonyl (C=O) groups is 2. The normalized spacial score (nSPS) is 30.5. The van der Waals surface area contributed by atoms with E-state index in [0.717, 1.165) is 48.3 Å². The zero-order chi connectivity index (χ0) is 39.8. The molecule has 9 atom stereocenters. The van der Waals surface area contributed by atoms with Crippen LogP contribution in [0.3, 0.4) is 0 Å². The summed E-state index contributed by atoms with van der Waals surface area (Å²) in [5.74, 6) is 3.52. The predicted molar refractivity (Wildman–Crippen MR) is 222 cm³/mol. The van der Waals surface area contributed by atoms with E-state index in [-0.39, 0.29) is 32.7 Å². The summed E-state index contributed by atoms with van der Waals surface area (Å²) in [6, 6.07) is 6.68. The van der Waals surface area contributed by atoms with Gasteiger partial charge in [-0.1, -0.05) is 83.2 Å². The lowest BCUT2D eigenvalue weighted by Gasteiger charge is -2.61. The van der Waals surface area contributed by atoms with Gasteiger partial charge in [0, 0.05) is 12.6 Å². The number of fused-ring (bicyclic) bond motifs is 5. The van der Waals surface area contributed by atoms with Crippen molar-refractivity contribution < 1.29 is 29.3 Å². The highest BCUT2D eigenvalue weighted by Crippen LogP contribution is 2.68. The highest BCUT2D eigenvalue weighted by atomic mass is 35.5. The number of aromatic carboxylic acids is 2. The molecule has 6 rings (SSSR count). The van der Waals surface area contributed by atoms with Crippen LogP contribution in [0.4, 0.5) is 0 Å². The number of carboxylic acid groups (broad SMARTS) is 2. The monoisotopic (exact) mass is 795 g/mol. The van der Waals surface area contributed by atoms with Crippen molar-refractivity contribution in [2.75, 3.05) is 20.8 Å². The van der Waals surface area contributed by atoms with Crippen LogP contribution in [0.25, 0.3) is 5.57 Å². The summed E-state index contributed by atoms with van der Waals surface area (Å²) in [5.41, 5.74) is 2.35. The summed E-state index contributed by atoms with van der Waals surface area (Å²) >= 11 is 13.1. The molecule has 4 saturated carbocycles. The molecule has 302 valence electrons. The van der Waals surface area contributed by atoms with Crippen LogP contribution in [-0.2, 0) is 0 Å². The van der Waals surface area contributed by atoms with Crippen LogP contribution in [0.2, 0.25) is 10.0 Å². The Morgan fingerprint density at radius 3 is 1.96 bits per heavy atom. The minimum absolute atomic E-state index is 0.0661. The van der Waals surface area contributed by atoms with Crippen molar-refractivity contribution in [1.29, 1.82) is 0 Å². The topological polar surface area (TPSA) is 105 Å². The molecular weight excluding hydrogens is 733 g/mol. The lowest BCUT2D eigenvalue weighted by Crippen LogP contribution is -2.55. The average molecular weight is 797 g/mol. The largest absolute Gasteiger partial charge is 0.494 e. The average Bonchev–Trinajstić information content (AvgIpc) is 3.49. The molecular formula is C46H63Cl2NO6. The van der Waals surface area contributed by atoms with Crippen LogP contribution in [0, 0.1) is 52.3 Å². The first-order valence-corrected chi connectivity index (χ1v) is 21.5. The number of rotatable bonds is 14. The fourth-order valence-corrected chi connectivity index (χ4v) is 13.0. The summed E-state index contributed by atoms with van der Waals surface area (Å²) in [4.78, 5) is 24.5. The molecule has 0 aromatic heterocycles. The van der Waals surface area contributed by atoms with E-state index in [4.69, 9.17) is 32.7 Å². The number of hydrogen-bond acceptors (Lipinski definition) is 5. The van der Waals surface area contributed by atoms with E-state index in [1.807, 2.05) is 6.08 Å². The molecule has 0 bridgehead atoms. The van der Waals surface area contributed by atoms with Crippen LogP contribution in [0.5, 0.6) is 11.5 Å². The minimum atomic E-state index is -1.18. The molecule has 9 heteroatoms. The molecule has 55 heavy (non-hydrogen) atoms. The number of benzene rings is 2. The van der Waals surface area contributed by atoms with Crippen molar-refractivity contribution in [3.8, 4) is 11.5 Å². The summed E-state index contributed by atoms with van der Waals surface area (Å²) in [6.07, 6.45) is 17.9. The number of halogens is 2. The Bertz CT molecular complexity index is 1700. The third kappa shape index (κ3) is 8.19. The molecule has 0 heterocycles. The first-order chi connectivity index (χ1) is 26.1. The Balaban J connectivity index is 1.19. The van der Waals surface area contributed by atoms with Crippen LogP contribution in [0.1, 0.15) is 144 Å². The predicted octanol–water partition coefficient (Wildman–Crippen LogP) is 11.9. The highest BCUT2D eigenvalue weighted by Gasteiger charge is 2.60. The molecule has 0 amide bonds. The van der Waals surface area contributed by atoms with Gasteiger partial charge in [-0.3, -0.25) is 0 Å². The van der Waals surface area contributed by atoms with Crippen molar-refractivity contribution >= 4 is 40.7 Å². The van der Waals surface area contributed by atoms with Crippen molar-refractivity contribution in [3.63, 3.8) is 0 Å². The van der Waals surface area contributed by atoms with Gasteiger partial charge in [0.05, 0.1) is 24.3 Å². The maximum absolute atomic E-state index is 12.3. The SMILES string of the molecule is COc1c(Cl)cc(C(=CCNC2CC[C@@]3(C)C(CC[C@H]4[C@@H]5CC[C@H]([C@H](C)CCCC(C)C)[C@@]5(C)CC[C@@H]43)C2)c2cc(Cl)c(OC)c(C(=O)O)c2)cc1C(=O)O. The minimum Gasteiger partial charge on any atom is -0.494 e. The zero-order valence-corrected chi connectivity index (χ0v) is 35.5. The van der Waals surface area contributed by atoms with Gasteiger partial charge in [0.2, 0.25) is 0 Å². The maximum atomic E-state index is 12.3. The van der Waals surface area contributed by atoms with Crippen LogP contribution in [-0.4, -0.2) is 49.0 Å². The van der Waals surface area contributed by atoms with E-state index in [0.29, 0.717) is 46.0 Å². The van der Waals surface area contributed by atoms with Crippen molar-refractivity contribution in [2.24, 2.45) is 52.3 Å². The van der Waals surface area contributed by atoms with Gasteiger partial charge in [-0.2, -0.15) is 0 Å². The standard InChI is InChI=1S/C46H63Cl2NO6/c1-26(2)9-8-10-27(3)36-13-14-37-33-12-11-30-25-31(15-18-45(30,4)38(33)16-19-46(36,37)5)49-20-17-32(28-21-34(43(50)51)41(54-6)39(47)23-28)29-22-35(44(52)53)42(55-7)40(48)24-29/h17,21-24,26-27,30-31,33,36-38,49H,8-16,18-20,25H2,1-7H3,(H,50,51)(H,52,53)/t27-,30?,31?,33+,36-,37+,38+,45+,46-/m1/s1. The van der Waals surface area contributed by atoms with Crippen molar-refractivity contribution in [3.05, 3.63) is 62.6 Å². The maximum Gasteiger partial charge on any atom is 0.339 e. The second kappa shape index (κ2) is 17.0. The molecule has 2 aromatic rings. The van der Waals surface area contributed by atoms with Crippen LogP contribution < -0.4 is 14.8 Å². The summed E-state index contributed by atoms with van der Waals surface area (Å²) in [7, 11) is 2.76. The second-order valence-electron chi connectivity index (χ2n) is 18.4. The van der Waals surface area contributed by atoms with Gasteiger partial charge in [-0.05, 0) is 151 Å². The van der Waals surface area contributed by atoms with Crippen molar-refractivity contribution in [2.45, 2.75) is 118 Å². The van der Waals surface area contributed by atoms with E-state index in [9.17, 15) is 19.8 Å². The van der Waals surface area contributed by atoms with E-state index >= 15 is 0 Å². The van der Waals surface area contributed by atoms with Crippen LogP contribution in [0.15, 0.2) is 30.3 Å². The Morgan fingerprint density at radius 1 is 0.818 bits per heavy atom. The van der Waals surface area contributed by atoms with Crippen molar-refractivity contribution in [1.82, 2.24) is 5.32 Å². The Morgan fingerprint density at radius 2 is 1.40 bits per heavy atom. The first kappa shape index (κ1) is 41.9. The number of carboxylic acids is 2. The fraction of sp³-hybridized carbons (Fsp3) is 0.652. The Labute approximate surface area is 338 Å². The Hall–Kier alpha value is -2.74. The van der Waals surface area contributed by atoms with Gasteiger partial charge < -0.3 is 25.0 Å². The van der Waals surface area contributed by atoms with Gasteiger partial charge in [0.15, 0.2) is 11.5 Å². The van der Waals surface area contributed by atoms with Crippen LogP contribution >= 0.6 is 23.2 Å². The molecule has 0 aliphatic heterocycles. The second-order valence-corrected chi connectivity index (χ2v) is 19.2. The van der Waals surface area contributed by atoms with E-state index in [1.165, 1.54) is 90.6 Å². The molecule has 2 aromatic carbocycles. The lowest BCUT2D eigenvalue weighted by molar-refractivity contribution is -0.117. The smallest absolute Gasteiger partial charge is 0.339 e. The third-order valence-corrected chi connectivity index (χ3v) is 15.7. The molecule has 4 aliphatic carbocycles. The third-order valence-electron chi connectivity index (χ3n) is 15.2. The number of methoxy groups -OCH3 is 2. The van der Waals surface area contributed by atoms with E-state index < -0.39 is 11.9 Å². The van der Waals surface area contributed by atoms with Gasteiger partial charge in [-0.25, -0.2) is 9.59 Å². The van der Waals surface area contributed by atoms with E-state index in [1.54, 1.807) is 12.1 Å². The molecule has 4 aliphatic rings. The molecule has 0 saturated heterocycles. The summed E-state index contributed by atoms with van der Waals surface area (Å²) in [6.45, 7) is 13.1. The van der Waals surface area contributed by atoms with Gasteiger partial charge >= 0.3 is 11.9 Å². The van der Waals surface area contributed by atoms with E-state index in [2.05, 4.69) is 39.9 Å². The molecule has 2 unspecified atom stereocenters. The Kier molecular flexibility index (Phi) is 12.9. The van der Waals surface area contributed by atoms with Gasteiger partial charge in [-0.15, -0.1) is 0 Å². The molecule has 0 spiro atoms. The lowest BCUT2D eigenvalue weighted by atomic mass is 9.44. The summed E-state index contributed by atoms with van der Waals surface area (Å²) < 4.78 is 10.6. The number of hydrogen-bond donors (Lipinski definition) is 3. The highest BCUT2D eigenvalue weighted by molar-refractivity contribution is 6.33.